The topological polar surface area (TPSA) is 61.9 Å². The van der Waals surface area contributed by atoms with Crippen molar-refractivity contribution in [2.45, 2.75) is 26.0 Å². The maximum Gasteiger partial charge on any atom is 0.387 e. The van der Waals surface area contributed by atoms with Crippen molar-refractivity contribution in [1.82, 2.24) is 15.1 Å². The second-order valence-electron chi connectivity index (χ2n) is 6.06. The van der Waals surface area contributed by atoms with Crippen molar-refractivity contribution in [3.63, 3.8) is 0 Å². The van der Waals surface area contributed by atoms with Gasteiger partial charge in [0.1, 0.15) is 5.75 Å². The van der Waals surface area contributed by atoms with Crippen molar-refractivity contribution < 1.29 is 23.1 Å². The first-order valence-electron chi connectivity index (χ1n) is 8.21. The molecule has 2 rings (SSSR count). The Bertz CT molecular complexity index is 575. The average molecular weight is 355 g/mol. The third-order valence-corrected chi connectivity index (χ3v) is 3.91. The van der Waals surface area contributed by atoms with Crippen LogP contribution >= 0.6 is 0 Å². The van der Waals surface area contributed by atoms with E-state index in [2.05, 4.69) is 10.1 Å². The van der Waals surface area contributed by atoms with Crippen LogP contribution in [0.5, 0.6) is 5.75 Å². The molecule has 8 heteroatoms. The van der Waals surface area contributed by atoms with E-state index in [1.807, 2.05) is 0 Å². The number of benzene rings is 1. The summed E-state index contributed by atoms with van der Waals surface area (Å²) < 4.78 is 28.5. The Hall–Kier alpha value is -2.22. The van der Waals surface area contributed by atoms with E-state index < -0.39 is 6.61 Å². The molecule has 1 N–H and O–H groups in total. The Balaban J connectivity index is 1.70. The first-order chi connectivity index (χ1) is 11.9. The molecule has 138 valence electrons. The van der Waals surface area contributed by atoms with Crippen molar-refractivity contribution >= 4 is 11.8 Å². The van der Waals surface area contributed by atoms with Gasteiger partial charge in [0.15, 0.2) is 0 Å². The van der Waals surface area contributed by atoms with E-state index in [0.29, 0.717) is 6.54 Å². The van der Waals surface area contributed by atoms with Crippen LogP contribution in [-0.2, 0) is 16.1 Å². The van der Waals surface area contributed by atoms with Crippen molar-refractivity contribution in [2.24, 2.45) is 0 Å². The number of rotatable bonds is 8. The fourth-order valence-corrected chi connectivity index (χ4v) is 2.70. The van der Waals surface area contributed by atoms with Gasteiger partial charge in [-0.1, -0.05) is 12.1 Å². The molecule has 1 aromatic carbocycles. The summed E-state index contributed by atoms with van der Waals surface area (Å²) >= 11 is 0. The normalized spacial score (nSPS) is 14.2. The Labute approximate surface area is 145 Å². The Morgan fingerprint density at radius 1 is 1.24 bits per heavy atom. The first-order valence-corrected chi connectivity index (χ1v) is 8.21. The van der Waals surface area contributed by atoms with Gasteiger partial charge in [0.2, 0.25) is 11.8 Å². The monoisotopic (exact) mass is 355 g/mol. The highest BCUT2D eigenvalue weighted by Gasteiger charge is 2.18. The zero-order chi connectivity index (χ0) is 18.2. The first kappa shape index (κ1) is 19.1. The summed E-state index contributed by atoms with van der Waals surface area (Å²) in [6, 6.07) is 6.26. The van der Waals surface area contributed by atoms with Gasteiger partial charge in [-0.15, -0.1) is 0 Å². The van der Waals surface area contributed by atoms with Crippen molar-refractivity contribution in [2.75, 3.05) is 33.2 Å². The van der Waals surface area contributed by atoms with Crippen LogP contribution in [0, 0.1) is 0 Å². The van der Waals surface area contributed by atoms with Gasteiger partial charge in [-0.05, 0) is 37.6 Å². The van der Waals surface area contributed by atoms with Crippen molar-refractivity contribution in [1.29, 1.82) is 0 Å². The molecule has 0 saturated carbocycles. The molecule has 6 nitrogen and oxygen atoms in total. The number of halogens is 2. The average Bonchev–Trinajstić information content (AvgIpc) is 3.08. The van der Waals surface area contributed by atoms with E-state index in [1.165, 1.54) is 12.1 Å². The van der Waals surface area contributed by atoms with Crippen LogP contribution in [0.15, 0.2) is 24.3 Å². The van der Waals surface area contributed by atoms with E-state index in [0.717, 1.165) is 31.5 Å². The number of nitrogens with zero attached hydrogens (tertiary/aromatic N) is 2. The summed E-state index contributed by atoms with van der Waals surface area (Å²) in [7, 11) is 1.77. The Morgan fingerprint density at radius 3 is 2.48 bits per heavy atom. The quantitative estimate of drug-likeness (QED) is 0.767. The van der Waals surface area contributed by atoms with Crippen LogP contribution in [-0.4, -0.2) is 61.5 Å². The molecule has 1 saturated heterocycles. The smallest absolute Gasteiger partial charge is 0.387 e. The van der Waals surface area contributed by atoms with Gasteiger partial charge in [0, 0.05) is 19.6 Å². The van der Waals surface area contributed by atoms with Gasteiger partial charge >= 0.3 is 6.61 Å². The number of hydrogen-bond donors (Lipinski definition) is 1. The Kier molecular flexibility index (Phi) is 7.12. The third-order valence-electron chi connectivity index (χ3n) is 3.91. The summed E-state index contributed by atoms with van der Waals surface area (Å²) in [5.41, 5.74) is 0.866. The van der Waals surface area contributed by atoms with Crippen LogP contribution < -0.4 is 10.1 Å². The third kappa shape index (κ3) is 6.66. The van der Waals surface area contributed by atoms with E-state index in [-0.39, 0.29) is 30.7 Å². The number of carbonyl (C=O) groups excluding carboxylic acids is 2. The van der Waals surface area contributed by atoms with Gasteiger partial charge in [0.25, 0.3) is 0 Å². The van der Waals surface area contributed by atoms with Gasteiger partial charge in [-0.25, -0.2) is 0 Å². The number of nitrogens with one attached hydrogen (secondary N) is 1. The highest BCUT2D eigenvalue weighted by atomic mass is 19.3. The van der Waals surface area contributed by atoms with Crippen LogP contribution in [0.25, 0.3) is 0 Å². The number of alkyl halides is 2. The zero-order valence-electron chi connectivity index (χ0n) is 14.2. The second kappa shape index (κ2) is 9.31. The van der Waals surface area contributed by atoms with Crippen molar-refractivity contribution in [3.8, 4) is 5.75 Å². The predicted molar refractivity (Wildman–Crippen MR) is 88.2 cm³/mol. The molecule has 0 aliphatic carbocycles. The predicted octanol–water partition coefficient (Wildman–Crippen LogP) is 1.46. The summed E-state index contributed by atoms with van der Waals surface area (Å²) in [5.74, 6) is -0.185. The highest BCUT2D eigenvalue weighted by molar-refractivity contribution is 5.85. The maximum absolute atomic E-state index is 12.1. The van der Waals surface area contributed by atoms with Crippen LogP contribution in [0.1, 0.15) is 18.4 Å². The minimum Gasteiger partial charge on any atom is -0.435 e. The molecule has 1 fully saturated rings. The molecule has 2 amide bonds. The van der Waals surface area contributed by atoms with Gasteiger partial charge in [-0.2, -0.15) is 8.78 Å². The van der Waals surface area contributed by atoms with Crippen LogP contribution in [0.4, 0.5) is 8.78 Å². The second-order valence-corrected chi connectivity index (χ2v) is 6.06. The van der Waals surface area contributed by atoms with E-state index in [4.69, 9.17) is 0 Å². The van der Waals surface area contributed by atoms with Crippen LogP contribution in [0.3, 0.4) is 0 Å². The molecule has 0 unspecified atom stereocenters. The lowest BCUT2D eigenvalue weighted by Gasteiger charge is -2.18. The molecule has 1 heterocycles. The van der Waals surface area contributed by atoms with E-state index >= 15 is 0 Å². The van der Waals surface area contributed by atoms with E-state index in [1.54, 1.807) is 29.0 Å². The number of ether oxygens (including phenoxy) is 1. The SMILES string of the molecule is CN(CC(=O)NCC(=O)N1CCCC1)Cc1ccc(OC(F)F)cc1. The lowest BCUT2D eigenvalue weighted by molar-refractivity contribution is -0.132. The number of carbonyl (C=O) groups is 2. The summed E-state index contributed by atoms with van der Waals surface area (Å²) in [6.45, 7) is -0.683. The molecule has 0 aromatic heterocycles. The lowest BCUT2D eigenvalue weighted by atomic mass is 10.2. The molecule has 1 aliphatic heterocycles. The van der Waals surface area contributed by atoms with E-state index in [9.17, 15) is 18.4 Å². The highest BCUT2D eigenvalue weighted by Crippen LogP contribution is 2.15. The Morgan fingerprint density at radius 2 is 1.88 bits per heavy atom. The molecular formula is C17H23F2N3O3. The fourth-order valence-electron chi connectivity index (χ4n) is 2.70. The summed E-state index contributed by atoms with van der Waals surface area (Å²) in [6.07, 6.45) is 2.03. The molecule has 25 heavy (non-hydrogen) atoms. The molecular weight excluding hydrogens is 332 g/mol. The molecule has 0 radical (unpaired) electrons. The number of likely N-dealkylation sites (tertiary alicyclic amines) is 1. The van der Waals surface area contributed by atoms with Gasteiger partial charge < -0.3 is 15.0 Å². The largest absolute Gasteiger partial charge is 0.435 e. The minimum absolute atomic E-state index is 0.0202. The molecule has 0 atom stereocenters. The van der Waals surface area contributed by atoms with Gasteiger partial charge in [0.05, 0.1) is 13.1 Å². The maximum atomic E-state index is 12.1. The number of likely N-dealkylation sites (N-methyl/N-ethyl adjacent to an activating group) is 1. The zero-order valence-corrected chi connectivity index (χ0v) is 14.2. The standard InChI is InChI=1S/C17H23F2N3O3/c1-21(11-13-4-6-14(7-5-13)25-17(18)19)12-15(23)20-10-16(24)22-8-2-3-9-22/h4-7,17H,2-3,8-12H2,1H3,(H,20,23). The molecule has 0 bridgehead atoms. The minimum atomic E-state index is -2.85. The molecule has 1 aromatic rings. The molecule has 0 spiro atoms. The summed E-state index contributed by atoms with van der Waals surface area (Å²) in [5, 5.41) is 2.63. The molecule has 1 aliphatic rings. The van der Waals surface area contributed by atoms with Crippen LogP contribution in [0.2, 0.25) is 0 Å². The summed E-state index contributed by atoms with van der Waals surface area (Å²) in [4.78, 5) is 27.3. The van der Waals surface area contributed by atoms with Gasteiger partial charge in [-0.3, -0.25) is 14.5 Å². The number of amides is 2. The fraction of sp³-hybridized carbons (Fsp3) is 0.529. The lowest BCUT2D eigenvalue weighted by Crippen LogP contribution is -2.42. The number of hydrogen-bond acceptors (Lipinski definition) is 4. The van der Waals surface area contributed by atoms with Crippen molar-refractivity contribution in [3.05, 3.63) is 29.8 Å².